The average Bonchev–Trinajstić information content (AvgIpc) is 4.16. The molecule has 0 aliphatic rings. The maximum absolute atomic E-state index is 9.46. The van der Waals surface area contributed by atoms with E-state index in [-0.39, 0.29) is 65.0 Å². The molecule has 5 aromatic heterocycles. The molecule has 0 unspecified atom stereocenters. The molecule has 0 radical (unpaired) electrons. The zero-order valence-electron chi connectivity index (χ0n) is 41.7. The number of nitrogens with zero attached hydrogens (tertiary/aromatic N) is 7. The van der Waals surface area contributed by atoms with Crippen LogP contribution in [-0.4, -0.2) is 33.2 Å². The molecule has 0 N–H and O–H groups in total. The summed E-state index contributed by atoms with van der Waals surface area (Å²) in [5.74, 6) is 0.217. The van der Waals surface area contributed by atoms with Crippen molar-refractivity contribution in [3.63, 3.8) is 0 Å². The van der Waals surface area contributed by atoms with Crippen LogP contribution < -0.4 is 0 Å². The average molecular weight is 826 g/mol. The van der Waals surface area contributed by atoms with Crippen molar-refractivity contribution in [3.05, 3.63) is 212 Å². The van der Waals surface area contributed by atoms with E-state index in [1.54, 1.807) is 9.13 Å². The predicted molar refractivity (Wildman–Crippen MR) is 263 cm³/mol. The predicted octanol–water partition coefficient (Wildman–Crippen LogP) is 13.9. The van der Waals surface area contributed by atoms with E-state index < -0.39 is 12.1 Å². The summed E-state index contributed by atoms with van der Waals surface area (Å²) in [6.45, 7) is 0. The van der Waals surface area contributed by atoms with E-state index in [4.69, 9.17) is 20.4 Å². The van der Waals surface area contributed by atoms with Gasteiger partial charge in [0.2, 0.25) is 11.9 Å². The standard InChI is InChI=1S/C57H35N7/c1-9-26-44-36(18-1)37-19-2-10-27-45(37)61(44)52-34-17-35-53(62-46-28-11-3-20-38(46)39-21-4-12-29-47(39)62)54(52)55-58-56(63-48-30-13-5-22-40(48)41-23-6-14-31-49(41)63)60-57(59-55)64-50-32-15-7-24-42(50)43-25-8-16-33-51(43)64/h1-35H/i5D,7D,13D,15D,22D,24D,30D,32D. The summed E-state index contributed by atoms with van der Waals surface area (Å²) in [5, 5.41) is 5.87. The molecular weight excluding hydrogens is 783 g/mol. The van der Waals surface area contributed by atoms with Crippen molar-refractivity contribution in [1.82, 2.24) is 33.2 Å². The van der Waals surface area contributed by atoms with Gasteiger partial charge in [-0.1, -0.05) is 152 Å². The van der Waals surface area contributed by atoms with Gasteiger partial charge in [-0.15, -0.1) is 0 Å². The van der Waals surface area contributed by atoms with Gasteiger partial charge < -0.3 is 9.13 Å². The van der Waals surface area contributed by atoms with Crippen LogP contribution in [0.3, 0.4) is 0 Å². The highest BCUT2D eigenvalue weighted by atomic mass is 15.3. The summed E-state index contributed by atoms with van der Waals surface area (Å²) in [7, 11) is 0. The lowest BCUT2D eigenvalue weighted by Crippen LogP contribution is -2.12. The van der Waals surface area contributed by atoms with Crippen LogP contribution in [0.4, 0.5) is 0 Å². The Labute approximate surface area is 377 Å². The third-order valence-electron chi connectivity index (χ3n) is 12.5. The number of hydrogen-bond acceptors (Lipinski definition) is 3. The van der Waals surface area contributed by atoms with E-state index in [9.17, 15) is 5.48 Å². The highest BCUT2D eigenvalue weighted by Crippen LogP contribution is 2.42. The van der Waals surface area contributed by atoms with E-state index >= 15 is 0 Å². The van der Waals surface area contributed by atoms with Crippen LogP contribution in [0, 0.1) is 0 Å². The first-order chi connectivity index (χ1) is 35.1. The third kappa shape index (κ3) is 4.83. The molecule has 0 spiro atoms. The normalized spacial score (nSPS) is 13.8. The number of para-hydroxylation sites is 8. The zero-order valence-corrected chi connectivity index (χ0v) is 33.7. The van der Waals surface area contributed by atoms with Gasteiger partial charge in [0, 0.05) is 43.1 Å². The van der Waals surface area contributed by atoms with Gasteiger partial charge in [0.1, 0.15) is 0 Å². The Kier molecular flexibility index (Phi) is 5.82. The molecule has 5 heterocycles. The largest absolute Gasteiger partial charge is 0.308 e. The first kappa shape index (κ1) is 27.9. The molecule has 0 amide bonds. The lowest BCUT2D eigenvalue weighted by Gasteiger charge is -2.20. The Morgan fingerprint density at radius 3 is 0.969 bits per heavy atom. The molecule has 0 atom stereocenters. The first-order valence-corrected chi connectivity index (χ1v) is 21.0. The van der Waals surface area contributed by atoms with Crippen molar-refractivity contribution in [2.75, 3.05) is 0 Å². The molecular formula is C57H35N7. The summed E-state index contributed by atoms with van der Waals surface area (Å²) in [4.78, 5) is 16.2. The van der Waals surface area contributed by atoms with Gasteiger partial charge in [0.05, 0.1) is 72.0 Å². The van der Waals surface area contributed by atoms with Gasteiger partial charge in [-0.25, -0.2) is 0 Å². The fourth-order valence-corrected chi connectivity index (χ4v) is 9.91. The molecule has 298 valence electrons. The Hall–Kier alpha value is -8.81. The minimum atomic E-state index is -0.421. The number of rotatable bonds is 5. The second-order valence-corrected chi connectivity index (χ2v) is 15.8. The van der Waals surface area contributed by atoms with Crippen LogP contribution >= 0.6 is 0 Å². The fraction of sp³-hybridized carbons (Fsp3) is 0. The minimum absolute atomic E-state index is 0.0168. The SMILES string of the molecule is [2H]c1c([2H])c([2H])c2c(c1[2H])c1ccccc1n2-c1nc(-c2c(-n3c4ccccc4c4ccccc43)cccc2-n2c3ccccc3c3ccccc32)nc(-n2c3ccccc3c3c([2H])c([2H])c([2H])c([2H])c32)n1. The highest BCUT2D eigenvalue weighted by molar-refractivity contribution is 6.13. The van der Waals surface area contributed by atoms with Crippen molar-refractivity contribution >= 4 is 87.2 Å². The van der Waals surface area contributed by atoms with Crippen molar-refractivity contribution in [2.45, 2.75) is 0 Å². The van der Waals surface area contributed by atoms with E-state index in [1.807, 2.05) is 115 Å². The molecule has 0 saturated carbocycles. The van der Waals surface area contributed by atoms with Crippen molar-refractivity contribution in [1.29, 1.82) is 0 Å². The van der Waals surface area contributed by atoms with Crippen LogP contribution in [0.25, 0.3) is 122 Å². The third-order valence-corrected chi connectivity index (χ3v) is 12.5. The zero-order chi connectivity index (χ0) is 48.8. The quantitative estimate of drug-likeness (QED) is 0.174. The van der Waals surface area contributed by atoms with Crippen LogP contribution in [0.2, 0.25) is 0 Å². The van der Waals surface area contributed by atoms with E-state index in [1.165, 1.54) is 0 Å². The van der Waals surface area contributed by atoms with Gasteiger partial charge in [-0.05, 0) is 60.6 Å². The second-order valence-electron chi connectivity index (χ2n) is 15.8. The number of aromatic nitrogens is 7. The molecule has 0 saturated heterocycles. The fourth-order valence-electron chi connectivity index (χ4n) is 9.91. The van der Waals surface area contributed by atoms with Gasteiger partial charge in [-0.3, -0.25) is 9.13 Å². The Morgan fingerprint density at radius 1 is 0.281 bits per heavy atom. The molecule has 64 heavy (non-hydrogen) atoms. The second kappa shape index (κ2) is 13.3. The Morgan fingerprint density at radius 2 is 0.594 bits per heavy atom. The van der Waals surface area contributed by atoms with Gasteiger partial charge in [0.15, 0.2) is 5.82 Å². The summed E-state index contributed by atoms with van der Waals surface area (Å²) in [6.07, 6.45) is 0. The molecule has 7 heteroatoms. The van der Waals surface area contributed by atoms with Crippen molar-refractivity contribution < 1.29 is 11.0 Å². The monoisotopic (exact) mass is 825 g/mol. The maximum atomic E-state index is 9.46. The molecule has 0 aliphatic heterocycles. The summed E-state index contributed by atoms with van der Waals surface area (Å²) < 4.78 is 80.5. The lowest BCUT2D eigenvalue weighted by atomic mass is 10.1. The van der Waals surface area contributed by atoms with Crippen LogP contribution in [0.15, 0.2) is 212 Å². The lowest BCUT2D eigenvalue weighted by molar-refractivity contribution is 0.890. The highest BCUT2D eigenvalue weighted by Gasteiger charge is 2.26. The van der Waals surface area contributed by atoms with Gasteiger partial charge in [-0.2, -0.15) is 15.0 Å². The first-order valence-electron chi connectivity index (χ1n) is 25.0. The number of fused-ring (bicyclic) bond motifs is 12. The van der Waals surface area contributed by atoms with Gasteiger partial charge >= 0.3 is 0 Å². The van der Waals surface area contributed by atoms with Crippen LogP contribution in [-0.2, 0) is 0 Å². The molecule has 7 nitrogen and oxygen atoms in total. The number of hydrogen-bond donors (Lipinski definition) is 0. The Balaban J connectivity index is 1.22. The van der Waals surface area contributed by atoms with Crippen LogP contribution in [0.1, 0.15) is 11.0 Å². The molecule has 0 fully saturated rings. The van der Waals surface area contributed by atoms with Crippen LogP contribution in [0.5, 0.6) is 0 Å². The summed E-state index contributed by atoms with van der Waals surface area (Å²) >= 11 is 0. The van der Waals surface area contributed by atoms with Crippen molar-refractivity contribution in [3.8, 4) is 34.7 Å². The number of benzene rings is 9. The summed E-state index contributed by atoms with van der Waals surface area (Å²) in [5.41, 5.74) is 7.14. The summed E-state index contributed by atoms with van der Waals surface area (Å²) in [6, 6.07) is 51.1. The Bertz CT molecular complexity index is 4310. The van der Waals surface area contributed by atoms with E-state index in [0.29, 0.717) is 38.1 Å². The molecule has 0 bridgehead atoms. The van der Waals surface area contributed by atoms with E-state index in [0.717, 1.165) is 55.0 Å². The van der Waals surface area contributed by atoms with Crippen molar-refractivity contribution in [2.24, 2.45) is 0 Å². The molecule has 14 aromatic rings. The smallest absolute Gasteiger partial charge is 0.240 e. The molecule has 14 rings (SSSR count). The van der Waals surface area contributed by atoms with Gasteiger partial charge in [0.25, 0.3) is 0 Å². The molecule has 9 aromatic carbocycles. The maximum Gasteiger partial charge on any atom is 0.240 e. The topological polar surface area (TPSA) is 58.4 Å². The molecule has 0 aliphatic carbocycles. The van der Waals surface area contributed by atoms with E-state index in [2.05, 4.69) is 57.7 Å². The minimum Gasteiger partial charge on any atom is -0.308 e.